The largest absolute Gasteiger partial charge is 0.181 e. The maximum absolute atomic E-state index is 6.73. The van der Waals surface area contributed by atoms with Gasteiger partial charge in [0.25, 0.3) is 0 Å². The van der Waals surface area contributed by atoms with Crippen molar-refractivity contribution in [2.75, 3.05) is 0 Å². The lowest BCUT2D eigenvalue weighted by atomic mass is 9.85. The molecule has 33 heavy (non-hydrogen) atoms. The third-order valence-corrected chi connectivity index (χ3v) is 9.65. The average molecular weight is 544 g/mol. The Morgan fingerprint density at radius 2 is 1.15 bits per heavy atom. The Hall–Kier alpha value is -1.09. The van der Waals surface area contributed by atoms with Crippen molar-refractivity contribution in [1.82, 2.24) is 0 Å². The summed E-state index contributed by atoms with van der Waals surface area (Å²) in [5.41, 5.74) is 11.8. The van der Waals surface area contributed by atoms with Gasteiger partial charge in [0.05, 0.1) is 0 Å². The number of halogens is 2. The molecule has 0 aliphatic heterocycles. The van der Waals surface area contributed by atoms with Crippen LogP contribution < -0.4 is 5.19 Å². The van der Waals surface area contributed by atoms with Crippen molar-refractivity contribution in [3.8, 4) is 0 Å². The molecule has 2 aliphatic carbocycles. The third-order valence-electron chi connectivity index (χ3n) is 6.60. The smallest absolute Gasteiger partial charge is 0.162 e. The van der Waals surface area contributed by atoms with Gasteiger partial charge in [-0.1, -0.05) is 112 Å². The molecule has 0 saturated heterocycles. The van der Waals surface area contributed by atoms with E-state index in [-0.39, 0.29) is 10.8 Å². The second kappa shape index (κ2) is 9.17. The Morgan fingerprint density at radius 1 is 0.727 bits per heavy atom. The Bertz CT molecular complexity index is 1130. The molecule has 0 unspecified atom stereocenters. The highest BCUT2D eigenvalue weighted by molar-refractivity contribution is 9.10. The molecule has 0 amide bonds. The molecule has 0 nitrogen and oxygen atoms in total. The van der Waals surface area contributed by atoms with Crippen molar-refractivity contribution in [2.24, 2.45) is 0 Å². The number of hydrogen-bond donors (Lipinski definition) is 0. The lowest BCUT2D eigenvalue weighted by Crippen LogP contribution is -2.39. The van der Waals surface area contributed by atoms with E-state index < -0.39 is 7.38 Å². The summed E-state index contributed by atoms with van der Waals surface area (Å²) in [4.78, 5) is 0. The van der Waals surface area contributed by atoms with Gasteiger partial charge < -0.3 is 0 Å². The first kappa shape index (κ1) is 26.5. The molecule has 178 valence electrons. The maximum atomic E-state index is 6.73. The highest BCUT2D eigenvalue weighted by Crippen LogP contribution is 2.36. The van der Waals surface area contributed by atoms with Crippen LogP contribution in [0.5, 0.6) is 0 Å². The van der Waals surface area contributed by atoms with Gasteiger partial charge in [-0.25, -0.2) is 0 Å². The first-order chi connectivity index (χ1) is 15.0. The maximum Gasteiger partial charge on any atom is 0.181 e. The first-order valence-electron chi connectivity index (χ1n) is 12.0. The molecule has 4 rings (SSSR count). The summed E-state index contributed by atoms with van der Waals surface area (Å²) in [5.74, 6) is 0. The molecule has 0 spiro atoms. The van der Waals surface area contributed by atoms with Gasteiger partial charge in [0.1, 0.15) is 0 Å². The summed E-state index contributed by atoms with van der Waals surface area (Å²) in [6.07, 6.45) is 6.80. The van der Waals surface area contributed by atoms with E-state index in [1.807, 2.05) is 0 Å². The summed E-state index contributed by atoms with van der Waals surface area (Å²) < 4.78 is 1.26. The number of benzene rings is 2. The first-order valence-corrected chi connectivity index (χ1v) is 16.8. The van der Waals surface area contributed by atoms with E-state index in [0.29, 0.717) is 0 Å². The Kier molecular flexibility index (Phi) is 7.37. The minimum atomic E-state index is -1.79. The van der Waals surface area contributed by atoms with Crippen LogP contribution in [0.3, 0.4) is 0 Å². The molecule has 2 aliphatic rings. The van der Waals surface area contributed by atoms with Gasteiger partial charge in [-0.05, 0) is 82.2 Å². The van der Waals surface area contributed by atoms with Crippen LogP contribution in [-0.2, 0) is 23.7 Å². The van der Waals surface area contributed by atoms with Crippen molar-refractivity contribution in [3.05, 3.63) is 73.3 Å². The van der Waals surface area contributed by atoms with Gasteiger partial charge in [-0.15, -0.1) is 0 Å². The van der Waals surface area contributed by atoms with E-state index in [1.165, 1.54) is 54.2 Å². The van der Waals surface area contributed by atoms with Gasteiger partial charge in [-0.2, -0.15) is 11.1 Å². The summed E-state index contributed by atoms with van der Waals surface area (Å²) in [6.45, 7) is 22.4. The number of rotatable bonds is 1. The SMILES string of the molecule is CC1=Cc2cc(C(C)(C)C)cc(Br)c2C1.CC1=Cc2cc(C(C)(C)C)cc([Si](C)(C)Cl)c2C1. The molecule has 0 atom stereocenters. The van der Waals surface area contributed by atoms with Crippen molar-refractivity contribution in [2.45, 2.75) is 92.2 Å². The molecule has 0 N–H and O–H groups in total. The minimum absolute atomic E-state index is 0.185. The Labute approximate surface area is 216 Å². The fourth-order valence-electron chi connectivity index (χ4n) is 4.58. The summed E-state index contributed by atoms with van der Waals surface area (Å²) in [6, 6.07) is 9.32. The van der Waals surface area contributed by atoms with Crippen LogP contribution in [-0.4, -0.2) is 7.38 Å². The van der Waals surface area contributed by atoms with Crippen LogP contribution >= 0.6 is 27.0 Å². The summed E-state index contributed by atoms with van der Waals surface area (Å²) in [7, 11) is -1.79. The van der Waals surface area contributed by atoms with Crippen molar-refractivity contribution < 1.29 is 0 Å². The van der Waals surface area contributed by atoms with E-state index in [0.717, 1.165) is 12.8 Å². The molecular formula is C30H40BrClSi. The summed E-state index contributed by atoms with van der Waals surface area (Å²) >= 11 is 10.4. The minimum Gasteiger partial charge on any atom is -0.162 e. The molecule has 0 bridgehead atoms. The Morgan fingerprint density at radius 3 is 1.61 bits per heavy atom. The number of allylic oxidation sites excluding steroid dienone is 2. The zero-order chi connectivity index (χ0) is 24.9. The molecule has 3 heteroatoms. The van der Waals surface area contributed by atoms with E-state index in [1.54, 1.807) is 0 Å². The second-order valence-corrected chi connectivity index (χ2v) is 19.6. The second-order valence-electron chi connectivity index (χ2n) is 12.4. The Balaban J connectivity index is 0.000000189. The van der Waals surface area contributed by atoms with Crippen molar-refractivity contribution >= 4 is 51.7 Å². The molecule has 0 heterocycles. The van der Waals surface area contributed by atoms with Crippen molar-refractivity contribution in [1.29, 1.82) is 0 Å². The predicted molar refractivity (Wildman–Crippen MR) is 156 cm³/mol. The lowest BCUT2D eigenvalue weighted by molar-refractivity contribution is 0.589. The predicted octanol–water partition coefficient (Wildman–Crippen LogP) is 9.30. The van der Waals surface area contributed by atoms with Gasteiger partial charge >= 0.3 is 0 Å². The average Bonchev–Trinajstić information content (AvgIpc) is 3.20. The van der Waals surface area contributed by atoms with Crippen LogP contribution in [0.25, 0.3) is 12.2 Å². The van der Waals surface area contributed by atoms with Gasteiger partial charge in [0.15, 0.2) is 7.38 Å². The molecule has 2 aromatic carbocycles. The summed E-state index contributed by atoms with van der Waals surface area (Å²) in [5, 5.41) is 1.43. The van der Waals surface area contributed by atoms with Crippen LogP contribution in [0.4, 0.5) is 0 Å². The molecule has 2 aromatic rings. The monoisotopic (exact) mass is 542 g/mol. The van der Waals surface area contributed by atoms with Gasteiger partial charge in [0.2, 0.25) is 0 Å². The van der Waals surface area contributed by atoms with Gasteiger partial charge in [-0.3, -0.25) is 0 Å². The zero-order valence-electron chi connectivity index (χ0n) is 22.1. The number of hydrogen-bond acceptors (Lipinski definition) is 0. The molecular weight excluding hydrogens is 504 g/mol. The highest BCUT2D eigenvalue weighted by atomic mass is 79.9. The molecule has 0 fully saturated rings. The van der Waals surface area contributed by atoms with Crippen LogP contribution in [0.2, 0.25) is 13.1 Å². The normalized spacial score (nSPS) is 15.4. The molecule has 0 radical (unpaired) electrons. The van der Waals surface area contributed by atoms with Gasteiger partial charge in [0, 0.05) is 4.47 Å². The zero-order valence-corrected chi connectivity index (χ0v) is 25.5. The quantitative estimate of drug-likeness (QED) is 0.248. The van der Waals surface area contributed by atoms with E-state index in [4.69, 9.17) is 11.1 Å². The van der Waals surface area contributed by atoms with Crippen LogP contribution in [0.15, 0.2) is 39.9 Å². The van der Waals surface area contributed by atoms with Crippen LogP contribution in [0, 0.1) is 0 Å². The van der Waals surface area contributed by atoms with E-state index in [2.05, 4.69) is 121 Å². The number of fused-ring (bicyclic) bond motifs is 2. The standard InChI is InChI=1S/C16H23ClSi.C14H17Br/c1-11-7-12-9-13(16(2,3)4)10-15(14(12)8-11)18(5,6)17;1-9-5-10-7-11(14(2,3)4)8-13(15)12(10)6-9/h7,9-10H,8H2,1-6H3;5,7-8H,6H2,1-4H3. The highest BCUT2D eigenvalue weighted by Gasteiger charge is 2.29. The lowest BCUT2D eigenvalue weighted by Gasteiger charge is -2.25. The van der Waals surface area contributed by atoms with Crippen LogP contribution in [0.1, 0.15) is 88.8 Å². The molecule has 0 aromatic heterocycles. The van der Waals surface area contributed by atoms with Crippen molar-refractivity contribution in [3.63, 3.8) is 0 Å². The van der Waals surface area contributed by atoms with E-state index >= 15 is 0 Å². The molecule has 0 saturated carbocycles. The third kappa shape index (κ3) is 6.13. The topological polar surface area (TPSA) is 0 Å². The van der Waals surface area contributed by atoms with E-state index in [9.17, 15) is 0 Å². The fraction of sp³-hybridized carbons (Fsp3) is 0.467. The fourth-order valence-corrected chi connectivity index (χ4v) is 7.15.